The fourth-order valence-electron chi connectivity index (χ4n) is 5.18. The number of imidazole rings is 1. The van der Waals surface area contributed by atoms with Crippen LogP contribution in [0.15, 0.2) is 47.3 Å². The van der Waals surface area contributed by atoms with E-state index in [1.807, 2.05) is 68.7 Å². The van der Waals surface area contributed by atoms with Crippen molar-refractivity contribution in [3.8, 4) is 0 Å². The van der Waals surface area contributed by atoms with Gasteiger partial charge in [0, 0.05) is 36.6 Å². The van der Waals surface area contributed by atoms with Gasteiger partial charge in [0.05, 0.1) is 12.1 Å². The van der Waals surface area contributed by atoms with Crippen LogP contribution in [0.4, 0.5) is 10.7 Å². The maximum absolute atomic E-state index is 13.7. The van der Waals surface area contributed by atoms with Crippen LogP contribution < -0.4 is 15.8 Å². The van der Waals surface area contributed by atoms with Gasteiger partial charge in [-0.3, -0.25) is 4.79 Å². The number of fused-ring (bicyclic) bond motifs is 3. The van der Waals surface area contributed by atoms with Gasteiger partial charge in [-0.25, -0.2) is 9.78 Å². The molecule has 200 valence electrons. The van der Waals surface area contributed by atoms with Gasteiger partial charge in [0.1, 0.15) is 16.6 Å². The molecular weight excluding hydrogens is 502 g/mol. The molecule has 1 N–H and O–H groups in total. The van der Waals surface area contributed by atoms with Crippen molar-refractivity contribution >= 4 is 45.6 Å². The standard InChI is InChI=1S/C29H34ClN5O3/c1-18-12-13-23-21(15-18)24-25(26(36)33(23)5)35(16-19-9-6-7-11-22(19)30)27(32-24)34-14-8-10-20(17-34)31-28(37)38-29(2,3)4/h6-7,9,11-13,15,20H,8,10,14,16-17H2,1-5H3,(H,31,37)/t20-/m1/s1. The van der Waals surface area contributed by atoms with E-state index in [9.17, 15) is 9.59 Å². The molecule has 2 aromatic heterocycles. The monoisotopic (exact) mass is 535 g/mol. The number of carbonyl (C=O) groups is 1. The van der Waals surface area contributed by atoms with Crippen molar-refractivity contribution in [2.75, 3.05) is 18.0 Å². The number of aryl methyl sites for hydroxylation is 2. The molecule has 9 heteroatoms. The topological polar surface area (TPSA) is 81.4 Å². The zero-order chi connectivity index (χ0) is 27.2. The van der Waals surface area contributed by atoms with Crippen LogP contribution in [0.3, 0.4) is 0 Å². The minimum atomic E-state index is -0.569. The highest BCUT2D eigenvalue weighted by Crippen LogP contribution is 2.31. The van der Waals surface area contributed by atoms with E-state index in [1.165, 1.54) is 0 Å². The number of amides is 1. The zero-order valence-electron chi connectivity index (χ0n) is 22.5. The van der Waals surface area contributed by atoms with Gasteiger partial charge in [-0.2, -0.15) is 0 Å². The first kappa shape index (κ1) is 26.1. The third kappa shape index (κ3) is 5.10. The second kappa shape index (κ2) is 9.98. The number of rotatable bonds is 4. The van der Waals surface area contributed by atoms with Crippen LogP contribution in [-0.4, -0.2) is 44.9 Å². The van der Waals surface area contributed by atoms with Crippen LogP contribution in [0.1, 0.15) is 44.7 Å². The number of nitrogens with one attached hydrogen (secondary N) is 1. The van der Waals surface area contributed by atoms with E-state index in [0.717, 1.165) is 41.4 Å². The van der Waals surface area contributed by atoms with Crippen molar-refractivity contribution in [3.63, 3.8) is 0 Å². The van der Waals surface area contributed by atoms with Crippen molar-refractivity contribution in [2.45, 2.75) is 58.7 Å². The molecule has 1 amide bonds. The first-order valence-electron chi connectivity index (χ1n) is 13.0. The highest BCUT2D eigenvalue weighted by atomic mass is 35.5. The molecule has 0 radical (unpaired) electrons. The van der Waals surface area contributed by atoms with Gasteiger partial charge >= 0.3 is 6.09 Å². The number of ether oxygens (including phenoxy) is 1. The average Bonchev–Trinajstić information content (AvgIpc) is 3.22. The number of aromatic nitrogens is 3. The number of hydrogen-bond donors (Lipinski definition) is 1. The lowest BCUT2D eigenvalue weighted by molar-refractivity contribution is 0.0500. The Morgan fingerprint density at radius 2 is 1.97 bits per heavy atom. The summed E-state index contributed by atoms with van der Waals surface area (Å²) in [6.45, 7) is 9.31. The van der Waals surface area contributed by atoms with Crippen LogP contribution in [0.5, 0.6) is 0 Å². The minimum Gasteiger partial charge on any atom is -0.444 e. The van der Waals surface area contributed by atoms with Gasteiger partial charge in [-0.15, -0.1) is 0 Å². The first-order valence-corrected chi connectivity index (χ1v) is 13.4. The van der Waals surface area contributed by atoms with Crippen LogP contribution in [0.25, 0.3) is 21.9 Å². The van der Waals surface area contributed by atoms with Crippen LogP contribution in [-0.2, 0) is 18.3 Å². The Balaban J connectivity index is 1.62. The molecule has 38 heavy (non-hydrogen) atoms. The summed E-state index contributed by atoms with van der Waals surface area (Å²) >= 11 is 6.56. The summed E-state index contributed by atoms with van der Waals surface area (Å²) in [7, 11) is 1.80. The third-order valence-electron chi connectivity index (χ3n) is 6.93. The quantitative estimate of drug-likeness (QED) is 0.379. The molecule has 1 atom stereocenters. The van der Waals surface area contributed by atoms with E-state index < -0.39 is 11.7 Å². The van der Waals surface area contributed by atoms with E-state index in [4.69, 9.17) is 21.3 Å². The van der Waals surface area contributed by atoms with Crippen LogP contribution >= 0.6 is 11.6 Å². The molecule has 1 saturated heterocycles. The van der Waals surface area contributed by atoms with E-state index >= 15 is 0 Å². The fraction of sp³-hybridized carbons (Fsp3) is 0.414. The lowest BCUT2D eigenvalue weighted by atomic mass is 10.1. The largest absolute Gasteiger partial charge is 0.444 e. The summed E-state index contributed by atoms with van der Waals surface area (Å²) in [6, 6.07) is 13.6. The first-order chi connectivity index (χ1) is 18.0. The summed E-state index contributed by atoms with van der Waals surface area (Å²) in [6.07, 6.45) is 1.28. The lowest BCUT2D eigenvalue weighted by Crippen LogP contribution is -2.49. The second-order valence-corrected chi connectivity index (χ2v) is 11.5. The number of anilines is 1. The number of hydrogen-bond acceptors (Lipinski definition) is 5. The fourth-order valence-corrected chi connectivity index (χ4v) is 5.38. The average molecular weight is 536 g/mol. The highest BCUT2D eigenvalue weighted by molar-refractivity contribution is 6.31. The molecule has 1 aliphatic rings. The maximum atomic E-state index is 13.7. The number of halogens is 1. The Morgan fingerprint density at radius 3 is 2.71 bits per heavy atom. The van der Waals surface area contributed by atoms with E-state index in [2.05, 4.69) is 16.3 Å². The van der Waals surface area contributed by atoms with Gasteiger partial charge in [0.15, 0.2) is 0 Å². The Morgan fingerprint density at radius 1 is 1.21 bits per heavy atom. The Bertz CT molecular complexity index is 1580. The van der Waals surface area contributed by atoms with Crippen LogP contribution in [0.2, 0.25) is 5.02 Å². The molecule has 0 aliphatic carbocycles. The number of piperidine rings is 1. The smallest absolute Gasteiger partial charge is 0.407 e. The maximum Gasteiger partial charge on any atom is 0.407 e. The van der Waals surface area contributed by atoms with E-state index in [-0.39, 0.29) is 11.6 Å². The predicted octanol–water partition coefficient (Wildman–Crippen LogP) is 5.39. The number of benzene rings is 2. The molecular formula is C29H34ClN5O3. The molecule has 1 fully saturated rings. The summed E-state index contributed by atoms with van der Waals surface area (Å²) in [5, 5.41) is 4.59. The van der Waals surface area contributed by atoms with Crippen molar-refractivity contribution in [3.05, 3.63) is 69.0 Å². The molecule has 0 unspecified atom stereocenters. The van der Waals surface area contributed by atoms with Crippen LogP contribution in [0, 0.1) is 6.92 Å². The summed E-state index contributed by atoms with van der Waals surface area (Å²) < 4.78 is 9.16. The molecule has 0 saturated carbocycles. The Labute approximate surface area is 227 Å². The highest BCUT2D eigenvalue weighted by Gasteiger charge is 2.29. The lowest BCUT2D eigenvalue weighted by Gasteiger charge is -2.34. The molecule has 1 aliphatic heterocycles. The molecule has 4 aromatic rings. The summed E-state index contributed by atoms with van der Waals surface area (Å²) in [5.74, 6) is 0.696. The van der Waals surface area contributed by atoms with Crippen molar-refractivity contribution in [2.24, 2.45) is 7.05 Å². The zero-order valence-corrected chi connectivity index (χ0v) is 23.3. The molecule has 5 rings (SSSR count). The number of nitrogens with zero attached hydrogens (tertiary/aromatic N) is 4. The molecule has 8 nitrogen and oxygen atoms in total. The normalized spacial score (nSPS) is 16.3. The number of pyridine rings is 1. The van der Waals surface area contributed by atoms with Crippen molar-refractivity contribution in [1.29, 1.82) is 0 Å². The van der Waals surface area contributed by atoms with Gasteiger partial charge in [0.2, 0.25) is 5.95 Å². The van der Waals surface area contributed by atoms with Crippen molar-refractivity contribution < 1.29 is 9.53 Å². The third-order valence-corrected chi connectivity index (χ3v) is 7.30. The molecule has 3 heterocycles. The van der Waals surface area contributed by atoms with Crippen molar-refractivity contribution in [1.82, 2.24) is 19.4 Å². The summed E-state index contributed by atoms with van der Waals surface area (Å²) in [5.41, 5.74) is 3.38. The van der Waals surface area contributed by atoms with E-state index in [1.54, 1.807) is 11.6 Å². The van der Waals surface area contributed by atoms with Gasteiger partial charge in [0.25, 0.3) is 5.56 Å². The number of alkyl carbamates (subject to hydrolysis) is 1. The second-order valence-electron chi connectivity index (χ2n) is 11.1. The van der Waals surface area contributed by atoms with Gasteiger partial charge in [-0.05, 0) is 64.3 Å². The Hall–Kier alpha value is -3.52. The molecule has 0 bridgehead atoms. The van der Waals surface area contributed by atoms with Gasteiger partial charge in [-0.1, -0.05) is 41.4 Å². The number of carbonyl (C=O) groups excluding carboxylic acids is 1. The molecule has 2 aromatic carbocycles. The summed E-state index contributed by atoms with van der Waals surface area (Å²) in [4.78, 5) is 33.5. The molecule has 0 spiro atoms. The van der Waals surface area contributed by atoms with Gasteiger partial charge < -0.3 is 24.1 Å². The van der Waals surface area contributed by atoms with E-state index in [0.29, 0.717) is 35.1 Å². The SMILES string of the molecule is Cc1ccc2c(c1)c1nc(N3CCC[C@@H](NC(=O)OC(C)(C)C)C3)n(Cc3ccccc3Cl)c1c(=O)n2C. The predicted molar refractivity (Wildman–Crippen MR) is 152 cm³/mol. The minimum absolute atomic E-state index is 0.103. The Kier molecular flexibility index (Phi) is 6.86.